The van der Waals surface area contributed by atoms with Crippen molar-refractivity contribution >= 4 is 6.47 Å². The monoisotopic (exact) mass is 493 g/mol. The Bertz CT molecular complexity index is 492. The Morgan fingerprint density at radius 3 is 2.65 bits per heavy atom. The van der Waals surface area contributed by atoms with E-state index in [0.717, 1.165) is 24.8 Å². The third-order valence-corrected chi connectivity index (χ3v) is 4.67. The van der Waals surface area contributed by atoms with Gasteiger partial charge in [-0.25, -0.2) is 4.39 Å². The second-order valence-electron chi connectivity index (χ2n) is 6.59. The first-order chi connectivity index (χ1) is 10.6. The van der Waals surface area contributed by atoms with Crippen molar-refractivity contribution in [2.45, 2.75) is 51.0 Å². The van der Waals surface area contributed by atoms with E-state index in [-0.39, 0.29) is 37.7 Å². The van der Waals surface area contributed by atoms with Gasteiger partial charge in [0.25, 0.3) is 0 Å². The predicted molar refractivity (Wildman–Crippen MR) is 84.8 cm³/mol. The molecule has 0 spiro atoms. The minimum absolute atomic E-state index is 0. The van der Waals surface area contributed by atoms with E-state index in [0.29, 0.717) is 19.1 Å². The quantitative estimate of drug-likeness (QED) is 0.425. The Morgan fingerprint density at radius 1 is 1.39 bits per heavy atom. The summed E-state index contributed by atoms with van der Waals surface area (Å²) in [7, 11) is 0. The summed E-state index contributed by atoms with van der Waals surface area (Å²) in [5, 5.41) is 3.52. The third-order valence-electron chi connectivity index (χ3n) is 4.67. The van der Waals surface area contributed by atoms with Gasteiger partial charge in [-0.15, -0.1) is 0 Å². The van der Waals surface area contributed by atoms with Crippen molar-refractivity contribution in [2.75, 3.05) is 13.2 Å². The maximum atomic E-state index is 13.7. The zero-order valence-corrected chi connectivity index (χ0v) is 16.5. The molecule has 1 fully saturated rings. The van der Waals surface area contributed by atoms with Crippen LogP contribution in [0.4, 0.5) is 4.39 Å². The molecule has 1 N–H and O–H groups in total. The molecule has 1 radical (unpaired) electrons. The molecule has 3 nitrogen and oxygen atoms in total. The molecule has 0 bridgehead atoms. The van der Waals surface area contributed by atoms with Crippen LogP contribution < -0.4 is 5.32 Å². The van der Waals surface area contributed by atoms with Crippen LogP contribution in [-0.2, 0) is 35.4 Å². The first-order valence-corrected chi connectivity index (χ1v) is 8.07. The number of rotatable bonds is 9. The minimum Gasteiger partial charge on any atom is -0.652 e. The van der Waals surface area contributed by atoms with Crippen molar-refractivity contribution in [1.29, 1.82) is 0 Å². The van der Waals surface area contributed by atoms with Crippen molar-refractivity contribution in [1.82, 2.24) is 5.32 Å². The summed E-state index contributed by atoms with van der Waals surface area (Å²) in [4.78, 5) is 10.1. The van der Waals surface area contributed by atoms with Crippen LogP contribution in [0.5, 0.6) is 0 Å². The molecule has 1 aromatic carbocycles. The van der Waals surface area contributed by atoms with Crippen LogP contribution in [0.2, 0.25) is 0 Å². The summed E-state index contributed by atoms with van der Waals surface area (Å²) in [6.45, 7) is 6.76. The Labute approximate surface area is 152 Å². The van der Waals surface area contributed by atoms with Crippen LogP contribution in [-0.4, -0.2) is 25.7 Å². The first kappa shape index (κ1) is 20.3. The Morgan fingerprint density at radius 2 is 2.13 bits per heavy atom. The van der Waals surface area contributed by atoms with Gasteiger partial charge in [0.2, 0.25) is 0 Å². The molecule has 23 heavy (non-hydrogen) atoms. The number of halogens is 1. The van der Waals surface area contributed by atoms with Gasteiger partial charge in [0, 0.05) is 38.4 Å². The topological polar surface area (TPSA) is 38.3 Å². The molecule has 0 heterocycles. The number of nitrogens with one attached hydrogen (secondary N) is 1. The van der Waals surface area contributed by atoms with Crippen LogP contribution >= 0.6 is 0 Å². The SMILES string of the molecule is CC(C)CC(NCCO[C-]=O)C1(c2cccc(F)c2)CCC1.[Re]. The smallest absolute Gasteiger partial charge is 0.123 e. The minimum atomic E-state index is -0.175. The van der Waals surface area contributed by atoms with Gasteiger partial charge >= 0.3 is 0 Å². The van der Waals surface area contributed by atoms with Gasteiger partial charge in [-0.3, -0.25) is 0 Å². The summed E-state index contributed by atoms with van der Waals surface area (Å²) < 4.78 is 18.3. The average molecular weight is 493 g/mol. The van der Waals surface area contributed by atoms with Crippen molar-refractivity contribution < 1.29 is 34.3 Å². The van der Waals surface area contributed by atoms with Crippen molar-refractivity contribution in [2.24, 2.45) is 5.92 Å². The molecule has 0 amide bonds. The van der Waals surface area contributed by atoms with Gasteiger partial charge in [0.05, 0.1) is 6.61 Å². The van der Waals surface area contributed by atoms with E-state index in [9.17, 15) is 9.18 Å². The number of carbonyl (C=O) groups excluding carboxylic acids is 1. The molecule has 0 aromatic heterocycles. The van der Waals surface area contributed by atoms with Gasteiger partial charge in [-0.05, 0) is 42.9 Å². The number of hydrogen-bond donors (Lipinski definition) is 1. The zero-order valence-electron chi connectivity index (χ0n) is 13.8. The van der Waals surface area contributed by atoms with E-state index in [1.54, 1.807) is 12.1 Å². The van der Waals surface area contributed by atoms with E-state index in [4.69, 9.17) is 0 Å². The Hall–Kier alpha value is -0.758. The largest absolute Gasteiger partial charge is 0.652 e. The van der Waals surface area contributed by atoms with E-state index in [1.807, 2.05) is 6.07 Å². The summed E-state index contributed by atoms with van der Waals surface area (Å²) in [5.41, 5.74) is 1.08. The molecule has 1 unspecified atom stereocenters. The van der Waals surface area contributed by atoms with Crippen molar-refractivity contribution in [3.8, 4) is 0 Å². The molecule has 1 aromatic rings. The summed E-state index contributed by atoms with van der Waals surface area (Å²) >= 11 is 0. The Kier molecular flexibility index (Phi) is 8.39. The maximum absolute atomic E-state index is 13.7. The number of hydrogen-bond acceptors (Lipinski definition) is 3. The van der Waals surface area contributed by atoms with Crippen LogP contribution in [0.3, 0.4) is 0 Å². The van der Waals surface area contributed by atoms with Gasteiger partial charge < -0.3 is 14.8 Å². The van der Waals surface area contributed by atoms with Crippen molar-refractivity contribution in [3.05, 3.63) is 35.6 Å². The molecule has 1 atom stereocenters. The molecule has 1 saturated carbocycles. The van der Waals surface area contributed by atoms with Gasteiger partial charge in [0.1, 0.15) is 5.82 Å². The first-order valence-electron chi connectivity index (χ1n) is 8.07. The molecule has 2 rings (SSSR count). The fourth-order valence-corrected chi connectivity index (χ4v) is 3.50. The fraction of sp³-hybridized carbons (Fsp3) is 0.611. The summed E-state index contributed by atoms with van der Waals surface area (Å²) in [5.74, 6) is 0.369. The van der Waals surface area contributed by atoms with Crippen LogP contribution in [0, 0.1) is 11.7 Å². The van der Waals surface area contributed by atoms with E-state index < -0.39 is 0 Å². The number of ether oxygens (including phenoxy) is 1. The van der Waals surface area contributed by atoms with Crippen LogP contribution in [0.1, 0.15) is 45.1 Å². The molecule has 129 valence electrons. The Balaban J connectivity index is 0.00000264. The second kappa shape index (κ2) is 9.52. The van der Waals surface area contributed by atoms with Crippen LogP contribution in [0.25, 0.3) is 0 Å². The third kappa shape index (κ3) is 5.11. The van der Waals surface area contributed by atoms with Gasteiger partial charge in [-0.2, -0.15) is 0 Å². The standard InChI is InChI=1S/C18H25FNO2.Re/c1-14(2)11-17(20-9-10-22-13-21)18(7-4-8-18)15-5-3-6-16(19)12-15;/h3,5-6,12,14,17,20H,4,7-11H2,1-2H3;/q-1;. The second-order valence-corrected chi connectivity index (χ2v) is 6.59. The van der Waals surface area contributed by atoms with Gasteiger partial charge in [-0.1, -0.05) is 38.9 Å². The summed E-state index contributed by atoms with van der Waals surface area (Å²) in [6.07, 6.45) is 4.33. The van der Waals surface area contributed by atoms with E-state index in [1.165, 1.54) is 19.0 Å². The average Bonchev–Trinajstić information content (AvgIpc) is 2.41. The van der Waals surface area contributed by atoms with E-state index in [2.05, 4.69) is 23.9 Å². The zero-order chi connectivity index (χ0) is 16.0. The molecular formula is C18H25FNO2Re-. The molecule has 5 heteroatoms. The molecule has 1 aliphatic rings. The molecule has 0 saturated heterocycles. The van der Waals surface area contributed by atoms with E-state index >= 15 is 0 Å². The molecule has 1 aliphatic carbocycles. The van der Waals surface area contributed by atoms with Gasteiger partial charge in [0.15, 0.2) is 0 Å². The van der Waals surface area contributed by atoms with Crippen LogP contribution in [0.15, 0.2) is 24.3 Å². The normalized spacial score (nSPS) is 17.0. The predicted octanol–water partition coefficient (Wildman–Crippen LogP) is 3.33. The summed E-state index contributed by atoms with van der Waals surface area (Å²) in [6, 6.07) is 7.26. The number of benzene rings is 1. The maximum Gasteiger partial charge on any atom is 0.123 e. The molecular weight excluding hydrogens is 467 g/mol. The molecule has 0 aliphatic heterocycles. The van der Waals surface area contributed by atoms with Crippen molar-refractivity contribution in [3.63, 3.8) is 0 Å². The fourth-order valence-electron chi connectivity index (χ4n) is 3.50.